The van der Waals surface area contributed by atoms with Gasteiger partial charge in [-0.1, -0.05) is 35.5 Å². The normalized spacial score (nSPS) is 19.7. The summed E-state index contributed by atoms with van der Waals surface area (Å²) < 4.78 is 5.32. The van der Waals surface area contributed by atoms with E-state index in [-0.39, 0.29) is 34.9 Å². The number of likely N-dealkylation sites (tertiary alicyclic amines) is 1. The zero-order valence-electron chi connectivity index (χ0n) is 15.1. The lowest BCUT2D eigenvalue weighted by Crippen LogP contribution is -2.42. The quantitative estimate of drug-likeness (QED) is 0.812. The summed E-state index contributed by atoms with van der Waals surface area (Å²) in [5, 5.41) is 16.7. The molecule has 1 aromatic carbocycles. The first-order valence-corrected chi connectivity index (χ1v) is 9.44. The van der Waals surface area contributed by atoms with E-state index in [9.17, 15) is 14.7 Å². The number of piperidine rings is 1. The number of aromatic nitrogens is 1. The maximum atomic E-state index is 12.3. The number of carbonyl (C=O) groups excluding carboxylic acids is 1. The van der Waals surface area contributed by atoms with Crippen molar-refractivity contribution in [3.63, 3.8) is 0 Å². The third-order valence-corrected chi connectivity index (χ3v) is 5.26. The van der Waals surface area contributed by atoms with Gasteiger partial charge in [-0.05, 0) is 31.6 Å². The van der Waals surface area contributed by atoms with Crippen LogP contribution >= 0.6 is 0 Å². The molecule has 7 nitrogen and oxygen atoms in total. The summed E-state index contributed by atoms with van der Waals surface area (Å²) in [6.07, 6.45) is 4.01. The first-order valence-electron chi connectivity index (χ1n) is 9.44. The molecule has 0 spiro atoms. The first-order chi connectivity index (χ1) is 13.1. The largest absolute Gasteiger partial charge is 0.477 e. The third-order valence-electron chi connectivity index (χ3n) is 5.26. The van der Waals surface area contributed by atoms with Crippen molar-refractivity contribution < 1.29 is 19.2 Å². The van der Waals surface area contributed by atoms with Crippen molar-refractivity contribution in [3.8, 4) is 11.3 Å². The lowest BCUT2D eigenvalue weighted by molar-refractivity contribution is -0.134. The summed E-state index contributed by atoms with van der Waals surface area (Å²) in [6.45, 7) is 2.11. The molecular formula is C20H23N3O4. The Kier molecular flexibility index (Phi) is 4.83. The minimum Gasteiger partial charge on any atom is -0.477 e. The fraction of sp³-hybridized carbons (Fsp3) is 0.450. The molecule has 1 saturated heterocycles. The van der Waals surface area contributed by atoms with Crippen molar-refractivity contribution in [2.45, 2.75) is 25.7 Å². The molecule has 0 bridgehead atoms. The van der Waals surface area contributed by atoms with E-state index in [1.165, 1.54) is 0 Å². The number of carboxylic acids is 1. The minimum absolute atomic E-state index is 0.0444. The van der Waals surface area contributed by atoms with E-state index in [0.717, 1.165) is 32.2 Å². The SMILES string of the molecule is O=C(O)c1c(NCC2CCCN(C(=O)C3CC3)C2)noc1-c1ccccc1. The van der Waals surface area contributed by atoms with Gasteiger partial charge >= 0.3 is 5.97 Å². The van der Waals surface area contributed by atoms with Crippen LogP contribution in [0.15, 0.2) is 34.9 Å². The molecule has 2 aliphatic rings. The molecule has 2 fully saturated rings. The Hall–Kier alpha value is -2.83. The van der Waals surface area contributed by atoms with E-state index in [0.29, 0.717) is 18.7 Å². The van der Waals surface area contributed by atoms with Crippen molar-refractivity contribution in [1.82, 2.24) is 10.1 Å². The highest BCUT2D eigenvalue weighted by atomic mass is 16.5. The zero-order chi connectivity index (χ0) is 18.8. The van der Waals surface area contributed by atoms with Gasteiger partial charge in [0.2, 0.25) is 5.91 Å². The van der Waals surface area contributed by atoms with Gasteiger partial charge in [0.05, 0.1) is 0 Å². The van der Waals surface area contributed by atoms with Gasteiger partial charge in [0.25, 0.3) is 0 Å². The third kappa shape index (κ3) is 3.82. The predicted molar refractivity (Wildman–Crippen MR) is 99.4 cm³/mol. The predicted octanol–water partition coefficient (Wildman–Crippen LogP) is 3.10. The molecule has 7 heteroatoms. The number of benzene rings is 1. The van der Waals surface area contributed by atoms with Crippen molar-refractivity contribution in [2.24, 2.45) is 11.8 Å². The van der Waals surface area contributed by atoms with E-state index in [1.54, 1.807) is 12.1 Å². The summed E-state index contributed by atoms with van der Waals surface area (Å²) in [6, 6.07) is 9.09. The van der Waals surface area contributed by atoms with Gasteiger partial charge in [-0.25, -0.2) is 4.79 Å². The van der Waals surface area contributed by atoms with Gasteiger partial charge in [0.15, 0.2) is 17.1 Å². The van der Waals surface area contributed by atoms with Crippen LogP contribution in [0, 0.1) is 11.8 Å². The number of nitrogens with one attached hydrogen (secondary N) is 1. The molecule has 1 aliphatic carbocycles. The highest BCUT2D eigenvalue weighted by molar-refractivity contribution is 5.99. The monoisotopic (exact) mass is 369 g/mol. The molecule has 1 aliphatic heterocycles. The topological polar surface area (TPSA) is 95.7 Å². The van der Waals surface area contributed by atoms with E-state index in [1.807, 2.05) is 23.1 Å². The molecule has 2 N–H and O–H groups in total. The Morgan fingerprint density at radius 3 is 2.70 bits per heavy atom. The second kappa shape index (κ2) is 7.42. The lowest BCUT2D eigenvalue weighted by atomic mass is 9.97. The van der Waals surface area contributed by atoms with Crippen LogP contribution in [0.3, 0.4) is 0 Å². The number of hydrogen-bond acceptors (Lipinski definition) is 5. The molecule has 1 atom stereocenters. The summed E-state index contributed by atoms with van der Waals surface area (Å²) in [4.78, 5) is 26.0. The van der Waals surface area contributed by atoms with Crippen LogP contribution in [0.2, 0.25) is 0 Å². The van der Waals surface area contributed by atoms with Crippen molar-refractivity contribution in [2.75, 3.05) is 25.0 Å². The molecule has 27 heavy (non-hydrogen) atoms. The van der Waals surface area contributed by atoms with E-state index in [2.05, 4.69) is 10.5 Å². The van der Waals surface area contributed by atoms with Crippen LogP contribution in [-0.2, 0) is 4.79 Å². The summed E-state index contributed by atoms with van der Waals surface area (Å²) >= 11 is 0. The average molecular weight is 369 g/mol. The molecule has 2 aromatic rings. The van der Waals surface area contributed by atoms with Crippen LogP contribution in [0.1, 0.15) is 36.0 Å². The van der Waals surface area contributed by atoms with Crippen molar-refractivity contribution >= 4 is 17.7 Å². The van der Waals surface area contributed by atoms with Crippen LogP contribution in [0.4, 0.5) is 5.82 Å². The Morgan fingerprint density at radius 1 is 1.22 bits per heavy atom. The highest BCUT2D eigenvalue weighted by Crippen LogP contribution is 2.33. The van der Waals surface area contributed by atoms with E-state index >= 15 is 0 Å². The lowest BCUT2D eigenvalue weighted by Gasteiger charge is -2.33. The van der Waals surface area contributed by atoms with Crippen LogP contribution in [-0.4, -0.2) is 46.7 Å². The van der Waals surface area contributed by atoms with Gasteiger partial charge in [0, 0.05) is 31.1 Å². The number of carboxylic acid groups (broad SMARTS) is 1. The molecule has 2 heterocycles. The number of aromatic carboxylic acids is 1. The summed E-state index contributed by atoms with van der Waals surface area (Å²) in [5.41, 5.74) is 0.720. The Balaban J connectivity index is 1.44. The fourth-order valence-electron chi connectivity index (χ4n) is 3.66. The highest BCUT2D eigenvalue weighted by Gasteiger charge is 2.35. The average Bonchev–Trinajstić information content (AvgIpc) is 3.45. The smallest absolute Gasteiger partial charge is 0.343 e. The van der Waals surface area contributed by atoms with Crippen molar-refractivity contribution in [1.29, 1.82) is 0 Å². The molecule has 1 aromatic heterocycles. The summed E-state index contributed by atoms with van der Waals surface area (Å²) in [5.74, 6) is 0.205. The van der Waals surface area contributed by atoms with Crippen LogP contribution in [0.5, 0.6) is 0 Å². The standard InChI is InChI=1S/C20H23N3O4/c24-19(15-8-9-15)23-10-4-5-13(12-23)11-21-18-16(20(25)26)17(27-22-18)14-6-2-1-3-7-14/h1-3,6-7,13,15H,4-5,8-12H2,(H,21,22)(H,25,26). The molecule has 4 rings (SSSR count). The van der Waals surface area contributed by atoms with Gasteiger partial charge in [-0.15, -0.1) is 0 Å². The zero-order valence-corrected chi connectivity index (χ0v) is 15.1. The van der Waals surface area contributed by atoms with Gasteiger partial charge in [0.1, 0.15) is 0 Å². The maximum absolute atomic E-state index is 12.3. The van der Waals surface area contributed by atoms with Gasteiger partial charge in [-0.2, -0.15) is 0 Å². The first kappa shape index (κ1) is 17.6. The molecule has 142 valence electrons. The molecule has 0 radical (unpaired) electrons. The fourth-order valence-corrected chi connectivity index (χ4v) is 3.66. The Bertz CT molecular complexity index is 829. The van der Waals surface area contributed by atoms with Crippen LogP contribution in [0.25, 0.3) is 11.3 Å². The second-order valence-corrected chi connectivity index (χ2v) is 7.35. The molecule has 1 unspecified atom stereocenters. The van der Waals surface area contributed by atoms with Gasteiger partial charge in [-0.3, -0.25) is 4.79 Å². The van der Waals surface area contributed by atoms with Crippen molar-refractivity contribution in [3.05, 3.63) is 35.9 Å². The molecule has 1 amide bonds. The van der Waals surface area contributed by atoms with E-state index in [4.69, 9.17) is 4.52 Å². The van der Waals surface area contributed by atoms with E-state index < -0.39 is 5.97 Å². The number of carbonyl (C=O) groups is 2. The molecular weight excluding hydrogens is 346 g/mol. The number of amides is 1. The van der Waals surface area contributed by atoms with Gasteiger partial charge < -0.3 is 19.8 Å². The second-order valence-electron chi connectivity index (χ2n) is 7.35. The summed E-state index contributed by atoms with van der Waals surface area (Å²) in [7, 11) is 0. The number of nitrogens with zero attached hydrogens (tertiary/aromatic N) is 2. The Labute approximate surface area is 157 Å². The Morgan fingerprint density at radius 2 is 2.00 bits per heavy atom. The number of anilines is 1. The maximum Gasteiger partial charge on any atom is 0.343 e. The van der Waals surface area contributed by atoms with Crippen LogP contribution < -0.4 is 5.32 Å². The molecule has 1 saturated carbocycles. The number of hydrogen-bond donors (Lipinski definition) is 2. The number of rotatable bonds is 6. The minimum atomic E-state index is -1.08.